The molecule has 9 nitrogen and oxygen atoms in total. The Morgan fingerprint density at radius 3 is 0.955 bits per heavy atom. The van der Waals surface area contributed by atoms with Gasteiger partial charge >= 0.3 is 17.9 Å². The van der Waals surface area contributed by atoms with Crippen LogP contribution in [0, 0.1) is 0 Å². The number of unbranched alkanes of at least 4 members (excludes halogenated alkanes) is 38. The number of carbonyl (C=O) groups excluding carboxylic acids is 2. The highest BCUT2D eigenvalue weighted by molar-refractivity contribution is 5.71. The number of aliphatic carboxylic acids is 1. The number of nitrogens with zero attached hydrogens (tertiary/aromatic N) is 1. The maximum absolute atomic E-state index is 13.0. The number of quaternary nitrogens is 1. The van der Waals surface area contributed by atoms with Crippen LogP contribution in [0.2, 0.25) is 0 Å². The Morgan fingerprint density at radius 1 is 0.348 bits per heavy atom. The molecule has 0 fully saturated rings. The molecule has 0 aliphatic carbocycles. The van der Waals surface area contributed by atoms with Gasteiger partial charge in [0.2, 0.25) is 0 Å². The van der Waals surface area contributed by atoms with E-state index < -0.39 is 24.3 Å². The fourth-order valence-electron chi connectivity index (χ4n) is 10.7. The van der Waals surface area contributed by atoms with Gasteiger partial charge in [0, 0.05) is 12.8 Å². The Bertz CT molecular complexity index is 1790. The number of hydrogen-bond acceptors (Lipinski definition) is 7. The van der Waals surface area contributed by atoms with E-state index in [0.29, 0.717) is 23.9 Å². The molecule has 2 unspecified atom stereocenters. The van der Waals surface area contributed by atoms with Crippen LogP contribution in [0.5, 0.6) is 0 Å². The van der Waals surface area contributed by atoms with Crippen LogP contribution in [0.4, 0.5) is 0 Å². The van der Waals surface area contributed by atoms with Crippen molar-refractivity contribution in [1.82, 2.24) is 0 Å². The maximum Gasteiger partial charge on any atom is 0.361 e. The van der Waals surface area contributed by atoms with E-state index in [9.17, 15) is 19.5 Å². The minimum absolute atomic E-state index is 0.181. The average Bonchev–Trinajstić information content (AvgIpc) is 3.64. The summed E-state index contributed by atoms with van der Waals surface area (Å²) in [7, 11) is 5.98. The molecular weight excluding hydrogens is 1100 g/mol. The smallest absolute Gasteiger partial charge is 0.361 e. The van der Waals surface area contributed by atoms with E-state index in [-0.39, 0.29) is 32.2 Å². The van der Waals surface area contributed by atoms with Gasteiger partial charge in [-0.15, -0.1) is 0 Å². The first-order chi connectivity index (χ1) is 43.6. The van der Waals surface area contributed by atoms with Gasteiger partial charge in [-0.05, 0) is 77.0 Å². The normalized spacial score (nSPS) is 13.2. The Kier molecular flexibility index (Phi) is 67.1. The molecule has 514 valence electrons. The summed E-state index contributed by atoms with van der Waals surface area (Å²) in [5.74, 6) is -2.02. The average molecular weight is 1250 g/mol. The van der Waals surface area contributed by atoms with Gasteiger partial charge in [-0.3, -0.25) is 9.59 Å². The van der Waals surface area contributed by atoms with Crippen LogP contribution in [-0.4, -0.2) is 87.4 Å². The summed E-state index contributed by atoms with van der Waals surface area (Å²) >= 11 is 0. The largest absolute Gasteiger partial charge is 0.477 e. The number of likely N-dealkylation sites (N-methyl/N-ethyl adjacent to an activating group) is 1. The molecule has 0 saturated carbocycles. The van der Waals surface area contributed by atoms with Gasteiger partial charge in [0.1, 0.15) is 13.2 Å². The summed E-state index contributed by atoms with van der Waals surface area (Å²) in [5, 5.41) is 9.76. The van der Waals surface area contributed by atoms with Crippen LogP contribution in [0.1, 0.15) is 335 Å². The predicted molar refractivity (Wildman–Crippen MR) is 382 cm³/mol. The summed E-state index contributed by atoms with van der Waals surface area (Å²) in [4.78, 5) is 37.7. The highest BCUT2D eigenvalue weighted by Crippen LogP contribution is 2.19. The first-order valence-electron chi connectivity index (χ1n) is 37.4. The Labute approximate surface area is 550 Å². The number of ether oxygens (including phenoxy) is 4. The van der Waals surface area contributed by atoms with Crippen molar-refractivity contribution in [2.45, 2.75) is 347 Å². The van der Waals surface area contributed by atoms with Crippen molar-refractivity contribution in [3.8, 4) is 0 Å². The molecule has 2 atom stereocenters. The molecule has 0 amide bonds. The molecule has 0 saturated heterocycles. The first-order valence-corrected chi connectivity index (χ1v) is 37.4. The molecular formula is C80H142NO8+. The molecule has 0 bridgehead atoms. The molecule has 0 heterocycles. The zero-order valence-electron chi connectivity index (χ0n) is 58.8. The van der Waals surface area contributed by atoms with E-state index in [0.717, 1.165) is 109 Å². The number of hydrogen-bond donors (Lipinski definition) is 1. The van der Waals surface area contributed by atoms with Crippen LogP contribution in [0.15, 0.2) is 97.2 Å². The lowest BCUT2D eigenvalue weighted by molar-refractivity contribution is -0.870. The van der Waals surface area contributed by atoms with Gasteiger partial charge in [-0.1, -0.05) is 342 Å². The van der Waals surface area contributed by atoms with Gasteiger partial charge in [-0.2, -0.15) is 0 Å². The van der Waals surface area contributed by atoms with Crippen molar-refractivity contribution in [1.29, 1.82) is 0 Å². The number of rotatable bonds is 69. The Hall–Kier alpha value is -3.79. The van der Waals surface area contributed by atoms with E-state index in [1.807, 2.05) is 21.1 Å². The number of carboxylic acid groups (broad SMARTS) is 1. The van der Waals surface area contributed by atoms with Gasteiger partial charge < -0.3 is 28.5 Å². The second-order valence-electron chi connectivity index (χ2n) is 26.2. The number of carbonyl (C=O) groups is 3. The van der Waals surface area contributed by atoms with Gasteiger partial charge in [-0.25, -0.2) is 4.79 Å². The van der Waals surface area contributed by atoms with E-state index in [2.05, 4.69) is 111 Å². The molecule has 0 aromatic heterocycles. The third-order valence-electron chi connectivity index (χ3n) is 16.4. The number of carboxylic acids is 1. The fourth-order valence-corrected chi connectivity index (χ4v) is 10.7. The van der Waals surface area contributed by atoms with E-state index in [4.69, 9.17) is 18.9 Å². The van der Waals surface area contributed by atoms with Crippen LogP contribution < -0.4 is 0 Å². The van der Waals surface area contributed by atoms with Gasteiger partial charge in [0.15, 0.2) is 6.10 Å². The third kappa shape index (κ3) is 71.5. The van der Waals surface area contributed by atoms with E-state index in [1.165, 1.54) is 193 Å². The molecule has 0 radical (unpaired) electrons. The summed E-state index contributed by atoms with van der Waals surface area (Å²) in [5.41, 5.74) is 0. The second kappa shape index (κ2) is 70.1. The minimum Gasteiger partial charge on any atom is -0.477 e. The lowest BCUT2D eigenvalue weighted by atomic mass is 10.0. The first kappa shape index (κ1) is 85.2. The van der Waals surface area contributed by atoms with Crippen LogP contribution in [0.3, 0.4) is 0 Å². The topological polar surface area (TPSA) is 108 Å². The zero-order chi connectivity index (χ0) is 64.7. The molecule has 0 aromatic rings. The molecule has 0 rings (SSSR count). The lowest BCUT2D eigenvalue weighted by Gasteiger charge is -2.25. The van der Waals surface area contributed by atoms with Crippen molar-refractivity contribution >= 4 is 17.9 Å². The summed E-state index contributed by atoms with van der Waals surface area (Å²) in [6.45, 7) is 4.78. The highest BCUT2D eigenvalue weighted by Gasteiger charge is 2.25. The van der Waals surface area contributed by atoms with Crippen molar-refractivity contribution in [2.75, 3.05) is 47.5 Å². The molecule has 1 N–H and O–H groups in total. The molecule has 0 aliphatic heterocycles. The predicted octanol–water partition coefficient (Wildman–Crippen LogP) is 23.6. The lowest BCUT2D eigenvalue weighted by Crippen LogP contribution is -2.40. The van der Waals surface area contributed by atoms with Crippen LogP contribution in [-0.2, 0) is 33.3 Å². The minimum atomic E-state index is -1.52. The third-order valence-corrected chi connectivity index (χ3v) is 16.4. The second-order valence-corrected chi connectivity index (χ2v) is 26.2. The highest BCUT2D eigenvalue weighted by atomic mass is 16.7. The standard InChI is InChI=1S/C80H141NO8/c1-6-8-10-12-14-16-18-20-22-24-26-28-30-32-34-36-38-39-41-42-44-46-48-50-52-54-56-58-60-62-64-66-68-70-77(82)87-74-76(75-88-80(79(84)85)86-73-72-81(3,4)5)89-78(83)71-69-67-65-63-61-59-57-55-53-51-49-47-45-43-40-37-35-33-31-29-27-25-23-21-19-17-15-13-11-9-7-2/h9,11,15,17,21,23,27,29,33,35,40,43,47,49,53,55,76,80H,6-8,10,12-14,16,18-20,22,24-26,28,30-32,34,36-39,41-42,44-46,48,50-52,54,56-75H2,1-5H3/p+1/b11-9-,17-15-,23-21-,29-27-,35-33-,43-40-,49-47-,55-53-. The monoisotopic (exact) mass is 1250 g/mol. The number of esters is 2. The molecule has 89 heavy (non-hydrogen) atoms. The van der Waals surface area contributed by atoms with Crippen molar-refractivity contribution in [3.63, 3.8) is 0 Å². The van der Waals surface area contributed by atoms with Crippen molar-refractivity contribution in [2.24, 2.45) is 0 Å². The van der Waals surface area contributed by atoms with Gasteiger partial charge in [0.25, 0.3) is 6.29 Å². The fraction of sp³-hybridized carbons (Fsp3) is 0.762. The SMILES string of the molecule is CC/C=C\C/C=C\C/C=C\C/C=C\C/C=C\C/C=C\C/C=C\C/C=C\CCCCCCCCC(=O)OC(COC(=O)CCCCCCCCCCCCCCCCCCCCCCCCCCCCCCCCCCC)COC(OCC[N+](C)(C)C)C(=O)O. The quantitative estimate of drug-likeness (QED) is 0.0211. The molecule has 0 aliphatic rings. The van der Waals surface area contributed by atoms with Crippen molar-refractivity contribution in [3.05, 3.63) is 97.2 Å². The number of allylic oxidation sites excluding steroid dienone is 16. The molecule has 0 aromatic carbocycles. The summed E-state index contributed by atoms with van der Waals surface area (Å²) < 4.78 is 23.0. The van der Waals surface area contributed by atoms with Gasteiger partial charge in [0.05, 0.1) is 34.4 Å². The molecule has 0 spiro atoms. The maximum atomic E-state index is 13.0. The van der Waals surface area contributed by atoms with Crippen LogP contribution >= 0.6 is 0 Å². The van der Waals surface area contributed by atoms with Crippen molar-refractivity contribution < 1.29 is 42.9 Å². The van der Waals surface area contributed by atoms with Crippen LogP contribution in [0.25, 0.3) is 0 Å². The van der Waals surface area contributed by atoms with E-state index >= 15 is 0 Å². The summed E-state index contributed by atoms with van der Waals surface area (Å²) in [6.07, 6.45) is 94.0. The molecule has 9 heteroatoms. The Morgan fingerprint density at radius 2 is 0.640 bits per heavy atom. The zero-order valence-corrected chi connectivity index (χ0v) is 58.8. The Balaban J connectivity index is 4.11. The van der Waals surface area contributed by atoms with E-state index in [1.54, 1.807) is 0 Å². The summed E-state index contributed by atoms with van der Waals surface area (Å²) in [6, 6.07) is 0.